The van der Waals surface area contributed by atoms with E-state index in [2.05, 4.69) is 4.74 Å². The van der Waals surface area contributed by atoms with Crippen molar-refractivity contribution in [3.63, 3.8) is 0 Å². The molecule has 0 amide bonds. The molecule has 0 bridgehead atoms. The van der Waals surface area contributed by atoms with Crippen molar-refractivity contribution in [3.8, 4) is 0 Å². The topological polar surface area (TPSA) is 63.6 Å². The van der Waals surface area contributed by atoms with Gasteiger partial charge in [-0.25, -0.2) is 0 Å². The van der Waals surface area contributed by atoms with Crippen LogP contribution in [0, 0.1) is 11.8 Å². The highest BCUT2D eigenvalue weighted by atomic mass is 16.5. The molecule has 10 heavy (non-hydrogen) atoms. The number of cyclic esters (lactones) is 1. The summed E-state index contributed by atoms with van der Waals surface area (Å²) >= 11 is 0. The predicted octanol–water partition coefficient (Wildman–Crippen LogP) is -0.120. The van der Waals surface area contributed by atoms with Crippen LogP contribution in [0.3, 0.4) is 0 Å². The van der Waals surface area contributed by atoms with Gasteiger partial charge in [-0.2, -0.15) is 0 Å². The molecule has 1 heterocycles. The number of carboxylic acids is 1. The number of carbonyl (C=O) groups is 2. The van der Waals surface area contributed by atoms with Gasteiger partial charge in [-0.1, -0.05) is 6.92 Å². The van der Waals surface area contributed by atoms with Gasteiger partial charge in [0.1, 0.15) is 12.5 Å². The molecule has 4 nitrogen and oxygen atoms in total. The molecule has 1 rings (SSSR count). The Balaban J connectivity index is 2.66. The number of ether oxygens (including phenoxy) is 1. The summed E-state index contributed by atoms with van der Waals surface area (Å²) in [6.45, 7) is 1.59. The maximum atomic E-state index is 10.6. The fraction of sp³-hybridized carbons (Fsp3) is 0.667. The van der Waals surface area contributed by atoms with Crippen molar-refractivity contribution in [1.82, 2.24) is 0 Å². The minimum Gasteiger partial charge on any atom is -0.481 e. The van der Waals surface area contributed by atoms with E-state index in [-0.39, 0.29) is 6.61 Å². The number of carbonyl (C=O) groups excluding carboxylic acids is 1. The number of rotatable bonds is 1. The number of carboxylic acid groups (broad SMARTS) is 1. The van der Waals surface area contributed by atoms with Crippen LogP contribution in [-0.4, -0.2) is 23.7 Å². The number of aliphatic carboxylic acids is 1. The second kappa shape index (κ2) is 2.28. The Hall–Kier alpha value is -1.06. The van der Waals surface area contributed by atoms with Crippen LogP contribution in [0.4, 0.5) is 0 Å². The summed E-state index contributed by atoms with van der Waals surface area (Å²) in [7, 11) is 0. The van der Waals surface area contributed by atoms with Gasteiger partial charge in [0, 0.05) is 0 Å². The first-order chi connectivity index (χ1) is 4.63. The molecule has 0 unspecified atom stereocenters. The zero-order chi connectivity index (χ0) is 7.72. The lowest BCUT2D eigenvalue weighted by atomic mass is 9.98. The average molecular weight is 144 g/mol. The molecular formula is C6H8O4. The number of hydrogen-bond donors (Lipinski definition) is 1. The Labute approximate surface area is 57.8 Å². The Morgan fingerprint density at radius 1 is 1.80 bits per heavy atom. The van der Waals surface area contributed by atoms with E-state index in [1.54, 1.807) is 6.92 Å². The largest absolute Gasteiger partial charge is 0.481 e. The molecule has 0 saturated carbocycles. The smallest absolute Gasteiger partial charge is 0.310 e. The highest BCUT2D eigenvalue weighted by molar-refractivity contribution is 5.83. The molecule has 0 aliphatic carbocycles. The number of esters is 1. The van der Waals surface area contributed by atoms with Gasteiger partial charge in [0.25, 0.3) is 0 Å². The molecule has 56 valence electrons. The van der Waals surface area contributed by atoms with Gasteiger partial charge in [0.2, 0.25) is 0 Å². The first-order valence-electron chi connectivity index (χ1n) is 3.02. The summed E-state index contributed by atoms with van der Waals surface area (Å²) in [6.07, 6.45) is 0. The highest BCUT2D eigenvalue weighted by Gasteiger charge is 2.37. The second-order valence-corrected chi connectivity index (χ2v) is 2.36. The minimum absolute atomic E-state index is 0.0231. The molecular weight excluding hydrogens is 136 g/mol. The summed E-state index contributed by atoms with van der Waals surface area (Å²) in [5, 5.41) is 8.47. The molecule has 1 aliphatic heterocycles. The van der Waals surface area contributed by atoms with Gasteiger partial charge < -0.3 is 9.84 Å². The molecule has 0 aromatic heterocycles. The van der Waals surface area contributed by atoms with E-state index < -0.39 is 23.8 Å². The Morgan fingerprint density at radius 3 is 2.60 bits per heavy atom. The highest BCUT2D eigenvalue weighted by Crippen LogP contribution is 2.20. The average Bonchev–Trinajstić information content (AvgIpc) is 2.14. The molecule has 4 heteroatoms. The predicted molar refractivity (Wildman–Crippen MR) is 31.2 cm³/mol. The first-order valence-corrected chi connectivity index (χ1v) is 3.02. The van der Waals surface area contributed by atoms with E-state index in [9.17, 15) is 9.59 Å². The maximum absolute atomic E-state index is 10.6. The molecule has 1 saturated heterocycles. The summed E-state index contributed by atoms with van der Waals surface area (Å²) in [6, 6.07) is 0. The summed E-state index contributed by atoms with van der Waals surface area (Å²) in [5.41, 5.74) is 0. The van der Waals surface area contributed by atoms with Crippen LogP contribution < -0.4 is 0 Å². The molecule has 0 radical (unpaired) electrons. The lowest BCUT2D eigenvalue weighted by molar-refractivity contribution is -0.144. The zero-order valence-corrected chi connectivity index (χ0v) is 5.53. The maximum Gasteiger partial charge on any atom is 0.310 e. The molecule has 1 N–H and O–H groups in total. The molecule has 0 aromatic carbocycles. The van der Waals surface area contributed by atoms with Gasteiger partial charge in [-0.15, -0.1) is 0 Å². The van der Waals surface area contributed by atoms with Crippen LogP contribution in [-0.2, 0) is 14.3 Å². The monoisotopic (exact) mass is 144 g/mol. The third-order valence-corrected chi connectivity index (χ3v) is 1.70. The zero-order valence-electron chi connectivity index (χ0n) is 5.53. The van der Waals surface area contributed by atoms with E-state index in [1.807, 2.05) is 0 Å². The summed E-state index contributed by atoms with van der Waals surface area (Å²) < 4.78 is 4.52. The first kappa shape index (κ1) is 7.05. The van der Waals surface area contributed by atoms with Crippen LogP contribution in [0.2, 0.25) is 0 Å². The molecule has 0 aromatic rings. The van der Waals surface area contributed by atoms with Gasteiger partial charge in [0.15, 0.2) is 0 Å². The quantitative estimate of drug-likeness (QED) is 0.521. The lowest BCUT2D eigenvalue weighted by Crippen LogP contribution is -2.20. The van der Waals surface area contributed by atoms with E-state index in [1.165, 1.54) is 0 Å². The van der Waals surface area contributed by atoms with Crippen molar-refractivity contribution in [3.05, 3.63) is 0 Å². The van der Waals surface area contributed by atoms with Gasteiger partial charge in [-0.05, 0) is 0 Å². The standard InChI is InChI=1S/C6H8O4/c1-3-4(5(7)8)2-10-6(3)9/h3-4H,2H2,1H3,(H,7,8)/t3-,4-/m0/s1. The van der Waals surface area contributed by atoms with Crippen molar-refractivity contribution < 1.29 is 19.4 Å². The fourth-order valence-electron chi connectivity index (χ4n) is 0.897. The van der Waals surface area contributed by atoms with Crippen LogP contribution in [0.1, 0.15) is 6.92 Å². The van der Waals surface area contributed by atoms with Gasteiger partial charge >= 0.3 is 11.9 Å². The van der Waals surface area contributed by atoms with Crippen molar-refractivity contribution in [2.45, 2.75) is 6.92 Å². The van der Waals surface area contributed by atoms with Crippen LogP contribution in [0.25, 0.3) is 0 Å². The lowest BCUT2D eigenvalue weighted by Gasteiger charge is -2.01. The van der Waals surface area contributed by atoms with E-state index in [4.69, 9.17) is 5.11 Å². The third-order valence-electron chi connectivity index (χ3n) is 1.70. The SMILES string of the molecule is C[C@@H]1C(=O)OC[C@@H]1C(=O)O. The molecule has 2 atom stereocenters. The molecule has 0 spiro atoms. The van der Waals surface area contributed by atoms with E-state index in [0.29, 0.717) is 0 Å². The summed E-state index contributed by atoms with van der Waals surface area (Å²) in [4.78, 5) is 20.9. The third kappa shape index (κ3) is 0.964. The Morgan fingerprint density at radius 2 is 2.40 bits per heavy atom. The second-order valence-electron chi connectivity index (χ2n) is 2.36. The van der Waals surface area contributed by atoms with Crippen molar-refractivity contribution in [1.29, 1.82) is 0 Å². The van der Waals surface area contributed by atoms with Gasteiger partial charge in [-0.3, -0.25) is 9.59 Å². The summed E-state index contributed by atoms with van der Waals surface area (Å²) in [5.74, 6) is -2.50. The fourth-order valence-corrected chi connectivity index (χ4v) is 0.897. The Kier molecular flexibility index (Phi) is 1.61. The van der Waals surface area contributed by atoms with Crippen LogP contribution >= 0.6 is 0 Å². The molecule has 1 aliphatic rings. The molecule has 1 fully saturated rings. The van der Waals surface area contributed by atoms with E-state index in [0.717, 1.165) is 0 Å². The van der Waals surface area contributed by atoms with Crippen molar-refractivity contribution >= 4 is 11.9 Å². The minimum atomic E-state index is -0.960. The normalized spacial score (nSPS) is 31.9. The van der Waals surface area contributed by atoms with Crippen molar-refractivity contribution in [2.24, 2.45) is 11.8 Å². The van der Waals surface area contributed by atoms with Crippen molar-refractivity contribution in [2.75, 3.05) is 6.61 Å². The number of hydrogen-bond acceptors (Lipinski definition) is 3. The van der Waals surface area contributed by atoms with Gasteiger partial charge in [0.05, 0.1) is 5.92 Å². The van der Waals surface area contributed by atoms with E-state index >= 15 is 0 Å². The van der Waals surface area contributed by atoms with Crippen LogP contribution in [0.5, 0.6) is 0 Å². The Bertz CT molecular complexity index is 175. The van der Waals surface area contributed by atoms with Crippen LogP contribution in [0.15, 0.2) is 0 Å².